The van der Waals surface area contributed by atoms with Crippen LogP contribution in [0.5, 0.6) is 0 Å². The third-order valence-corrected chi connectivity index (χ3v) is 9.19. The first-order valence-corrected chi connectivity index (χ1v) is 13.2. The van der Waals surface area contributed by atoms with Crippen LogP contribution in [0.15, 0.2) is 41.3 Å². The third kappa shape index (κ3) is 4.24. The minimum absolute atomic E-state index is 0.0439. The average Bonchev–Trinajstić information content (AvgIpc) is 2.72. The van der Waals surface area contributed by atoms with Crippen LogP contribution in [-0.2, 0) is 25.6 Å². The summed E-state index contributed by atoms with van der Waals surface area (Å²) in [6, 6.07) is 11.2. The van der Waals surface area contributed by atoms with Crippen molar-refractivity contribution in [3.63, 3.8) is 0 Å². The fourth-order valence-electron chi connectivity index (χ4n) is 5.29. The molecule has 0 saturated heterocycles. The van der Waals surface area contributed by atoms with Crippen LogP contribution in [-0.4, -0.2) is 14.2 Å². The van der Waals surface area contributed by atoms with Crippen molar-refractivity contribution in [1.82, 2.24) is 0 Å². The highest BCUT2D eigenvalue weighted by molar-refractivity contribution is 7.92. The molecule has 0 aliphatic heterocycles. The van der Waals surface area contributed by atoms with Gasteiger partial charge in [0.25, 0.3) is 10.0 Å². The van der Waals surface area contributed by atoms with Crippen LogP contribution in [0.4, 0.5) is 5.69 Å². The zero-order valence-electron chi connectivity index (χ0n) is 20.5. The lowest BCUT2D eigenvalue weighted by Crippen LogP contribution is -2.32. The van der Waals surface area contributed by atoms with E-state index in [1.165, 1.54) is 5.56 Å². The lowest BCUT2D eigenvalue weighted by Gasteiger charge is -2.36. The average molecular weight is 456 g/mol. The first kappa shape index (κ1) is 24.5. The summed E-state index contributed by atoms with van der Waals surface area (Å²) in [4.78, 5) is 12.7. The van der Waals surface area contributed by atoms with Gasteiger partial charge in [-0.05, 0) is 91.3 Å². The fourth-order valence-corrected chi connectivity index (χ4v) is 6.60. The maximum absolute atomic E-state index is 13.3. The van der Waals surface area contributed by atoms with Gasteiger partial charge in [0.1, 0.15) is 5.78 Å². The summed E-state index contributed by atoms with van der Waals surface area (Å²) in [6.07, 6.45) is 3.59. The number of Topliss-reactive ketones (excluding diaryl/α,β-unsaturated/α-hetero) is 1. The summed E-state index contributed by atoms with van der Waals surface area (Å²) in [6.45, 7) is 14.1. The molecular weight excluding hydrogens is 418 g/mol. The van der Waals surface area contributed by atoms with Crippen LogP contribution in [0.2, 0.25) is 0 Å². The first-order chi connectivity index (χ1) is 14.9. The molecule has 3 rings (SSSR count). The Hall–Kier alpha value is -2.14. The monoisotopic (exact) mass is 455 g/mol. The zero-order chi connectivity index (χ0) is 23.9. The Bertz CT molecular complexity index is 1110. The lowest BCUT2D eigenvalue weighted by atomic mass is 9.69. The van der Waals surface area contributed by atoms with E-state index >= 15 is 0 Å². The number of nitrogens with one attached hydrogen (secondary N) is 1. The van der Waals surface area contributed by atoms with E-state index in [2.05, 4.69) is 31.6 Å². The molecular formula is C27H37NO3S. The van der Waals surface area contributed by atoms with E-state index in [0.29, 0.717) is 29.3 Å². The molecule has 174 valence electrons. The second-order valence-electron chi connectivity index (χ2n) is 10.1. The van der Waals surface area contributed by atoms with Crippen molar-refractivity contribution in [3.8, 4) is 0 Å². The van der Waals surface area contributed by atoms with E-state index in [1.807, 2.05) is 39.0 Å². The molecule has 5 heteroatoms. The zero-order valence-corrected chi connectivity index (χ0v) is 21.3. The van der Waals surface area contributed by atoms with Gasteiger partial charge in [-0.25, -0.2) is 8.42 Å². The van der Waals surface area contributed by atoms with Gasteiger partial charge in [-0.2, -0.15) is 0 Å². The Morgan fingerprint density at radius 3 is 2.25 bits per heavy atom. The quantitative estimate of drug-likeness (QED) is 0.510. The van der Waals surface area contributed by atoms with Crippen LogP contribution in [0.1, 0.15) is 95.4 Å². The summed E-state index contributed by atoms with van der Waals surface area (Å²) >= 11 is 0. The minimum atomic E-state index is -3.74. The lowest BCUT2D eigenvalue weighted by molar-refractivity contribution is -0.122. The molecule has 1 N–H and O–H groups in total. The number of hydrogen-bond donors (Lipinski definition) is 1. The van der Waals surface area contributed by atoms with Gasteiger partial charge in [0.2, 0.25) is 0 Å². The van der Waals surface area contributed by atoms with Gasteiger partial charge in [-0.15, -0.1) is 0 Å². The molecule has 32 heavy (non-hydrogen) atoms. The molecule has 1 unspecified atom stereocenters. The second-order valence-corrected chi connectivity index (χ2v) is 11.7. The predicted molar refractivity (Wildman–Crippen MR) is 132 cm³/mol. The molecule has 0 radical (unpaired) electrons. The number of aryl methyl sites for hydroxylation is 1. The van der Waals surface area contributed by atoms with Gasteiger partial charge in [0, 0.05) is 5.69 Å². The van der Waals surface area contributed by atoms with Gasteiger partial charge >= 0.3 is 0 Å². The number of sulfonamides is 1. The third-order valence-electron chi connectivity index (χ3n) is 7.67. The smallest absolute Gasteiger partial charge is 0.262 e. The van der Waals surface area contributed by atoms with E-state index in [9.17, 15) is 13.2 Å². The molecule has 0 aromatic heterocycles. The molecule has 0 amide bonds. The minimum Gasteiger partial charge on any atom is -0.299 e. The summed E-state index contributed by atoms with van der Waals surface area (Å²) in [5.74, 6) is 0.574. The SMILES string of the molecule is CCC(CC)(C(C)=O)c1ccc(NS(=O)(=O)c2cc3c(cc2C)C(C)CCC3(C)C)cc1. The first-order valence-electron chi connectivity index (χ1n) is 11.7. The number of carbonyl (C=O) groups is 1. The largest absolute Gasteiger partial charge is 0.299 e. The van der Waals surface area contributed by atoms with Crippen molar-refractivity contribution in [2.24, 2.45) is 0 Å². The van der Waals surface area contributed by atoms with E-state index in [1.54, 1.807) is 19.1 Å². The van der Waals surface area contributed by atoms with Crippen LogP contribution < -0.4 is 4.72 Å². The number of anilines is 1. The van der Waals surface area contributed by atoms with Crippen molar-refractivity contribution in [2.45, 2.75) is 95.8 Å². The molecule has 0 saturated carbocycles. The predicted octanol–water partition coefficient (Wildman–Crippen LogP) is 6.62. The van der Waals surface area contributed by atoms with Crippen molar-refractivity contribution in [2.75, 3.05) is 4.72 Å². The maximum atomic E-state index is 13.3. The fraction of sp³-hybridized carbons (Fsp3) is 0.519. The molecule has 1 atom stereocenters. The highest BCUT2D eigenvalue weighted by atomic mass is 32.2. The van der Waals surface area contributed by atoms with Crippen LogP contribution >= 0.6 is 0 Å². The molecule has 0 spiro atoms. The van der Waals surface area contributed by atoms with Crippen LogP contribution in [0, 0.1) is 6.92 Å². The number of ketones is 1. The van der Waals surface area contributed by atoms with Gasteiger partial charge in [0.15, 0.2) is 0 Å². The van der Waals surface area contributed by atoms with Crippen LogP contribution in [0.25, 0.3) is 0 Å². The standard InChI is InChI=1S/C27H37NO3S/c1-8-27(9-2,20(5)29)21-10-12-22(13-11-21)28-32(30,31)25-17-24-23(16-19(25)4)18(3)14-15-26(24,6)7/h10-13,16-18,28H,8-9,14-15H2,1-7H3. The Balaban J connectivity index is 1.96. The molecule has 1 aliphatic rings. The Morgan fingerprint density at radius 2 is 1.72 bits per heavy atom. The highest BCUT2D eigenvalue weighted by Crippen LogP contribution is 2.44. The maximum Gasteiger partial charge on any atom is 0.262 e. The van der Waals surface area contributed by atoms with Crippen LogP contribution in [0.3, 0.4) is 0 Å². The van der Waals surface area contributed by atoms with Gasteiger partial charge in [0.05, 0.1) is 10.3 Å². The van der Waals surface area contributed by atoms with Gasteiger partial charge < -0.3 is 0 Å². The molecule has 4 nitrogen and oxygen atoms in total. The summed E-state index contributed by atoms with van der Waals surface area (Å²) in [7, 11) is -3.74. The Labute approximate surface area is 193 Å². The Kier molecular flexibility index (Phi) is 6.63. The molecule has 0 bridgehead atoms. The molecule has 2 aromatic carbocycles. The number of carbonyl (C=O) groups excluding carboxylic acids is 1. The van der Waals surface area contributed by atoms with E-state index < -0.39 is 15.4 Å². The van der Waals surface area contributed by atoms with Crippen molar-refractivity contribution in [3.05, 3.63) is 58.7 Å². The number of rotatable bonds is 7. The Morgan fingerprint density at radius 1 is 1.12 bits per heavy atom. The highest BCUT2D eigenvalue weighted by Gasteiger charge is 2.34. The van der Waals surface area contributed by atoms with E-state index in [4.69, 9.17) is 0 Å². The number of benzene rings is 2. The summed E-state index contributed by atoms with van der Waals surface area (Å²) in [5.41, 5.74) is 4.04. The van der Waals surface area contributed by atoms with Crippen molar-refractivity contribution < 1.29 is 13.2 Å². The molecule has 0 fully saturated rings. The summed E-state index contributed by atoms with van der Waals surface area (Å²) in [5, 5.41) is 0. The molecule has 0 heterocycles. The van der Waals surface area contributed by atoms with Crippen molar-refractivity contribution >= 4 is 21.5 Å². The number of hydrogen-bond acceptors (Lipinski definition) is 3. The topological polar surface area (TPSA) is 63.2 Å². The summed E-state index contributed by atoms with van der Waals surface area (Å²) < 4.78 is 29.4. The van der Waals surface area contributed by atoms with E-state index in [0.717, 1.165) is 29.5 Å². The van der Waals surface area contributed by atoms with Gasteiger partial charge in [-0.3, -0.25) is 9.52 Å². The van der Waals surface area contributed by atoms with E-state index in [-0.39, 0.29) is 11.2 Å². The normalized spacial score (nSPS) is 18.2. The second kappa shape index (κ2) is 8.66. The number of fused-ring (bicyclic) bond motifs is 1. The van der Waals surface area contributed by atoms with Gasteiger partial charge in [-0.1, -0.05) is 52.8 Å². The van der Waals surface area contributed by atoms with Crippen molar-refractivity contribution in [1.29, 1.82) is 0 Å². The molecule has 1 aliphatic carbocycles. The molecule has 2 aromatic rings.